The highest BCUT2D eigenvalue weighted by Crippen LogP contribution is 2.21. The molecule has 2 aromatic rings. The van der Waals surface area contributed by atoms with E-state index in [-0.39, 0.29) is 11.3 Å². The van der Waals surface area contributed by atoms with E-state index in [4.69, 9.17) is 9.84 Å². The molecule has 0 heterocycles. The zero-order valence-corrected chi connectivity index (χ0v) is 13.3. The number of hydrogen-bond donors (Lipinski definition) is 2. The summed E-state index contributed by atoms with van der Waals surface area (Å²) in [6.45, 7) is 0. The zero-order chi connectivity index (χ0) is 16.9. The van der Waals surface area contributed by atoms with Crippen LogP contribution in [0, 0.1) is 0 Å². The maximum absolute atomic E-state index is 12.3. The van der Waals surface area contributed by atoms with Gasteiger partial charge in [-0.25, -0.2) is 8.42 Å². The average Bonchev–Trinajstić information content (AvgIpc) is 2.53. The Bertz CT molecular complexity index is 784. The molecule has 0 aliphatic rings. The van der Waals surface area contributed by atoms with Crippen LogP contribution in [0.15, 0.2) is 53.4 Å². The largest absolute Gasteiger partial charge is 0.497 e. The highest BCUT2D eigenvalue weighted by atomic mass is 32.2. The second-order valence-electron chi connectivity index (χ2n) is 4.88. The van der Waals surface area contributed by atoms with Gasteiger partial charge >= 0.3 is 5.97 Å². The topological polar surface area (TPSA) is 92.7 Å². The summed E-state index contributed by atoms with van der Waals surface area (Å²) in [6.07, 6.45) is 0.368. The molecule has 0 aromatic heterocycles. The Kier molecular flexibility index (Phi) is 5.23. The van der Waals surface area contributed by atoms with Crippen LogP contribution in [0.2, 0.25) is 0 Å². The Balaban J connectivity index is 2.14. The van der Waals surface area contributed by atoms with Gasteiger partial charge in [0, 0.05) is 12.5 Å². The summed E-state index contributed by atoms with van der Waals surface area (Å²) in [6, 6.07) is 12.8. The molecule has 0 saturated heterocycles. The quantitative estimate of drug-likeness (QED) is 0.811. The van der Waals surface area contributed by atoms with Crippen molar-refractivity contribution in [1.82, 2.24) is 0 Å². The Morgan fingerprint density at radius 3 is 2.48 bits per heavy atom. The molecular formula is C16H17NO5S. The third kappa shape index (κ3) is 4.72. The molecule has 2 rings (SSSR count). The van der Waals surface area contributed by atoms with Crippen LogP contribution in [-0.2, 0) is 21.2 Å². The molecule has 122 valence electrons. The summed E-state index contributed by atoms with van der Waals surface area (Å²) in [4.78, 5) is 10.6. The molecule has 0 saturated carbocycles. The smallest absolute Gasteiger partial charge is 0.303 e. The predicted molar refractivity (Wildman–Crippen MR) is 86.2 cm³/mol. The second-order valence-corrected chi connectivity index (χ2v) is 6.56. The number of nitrogens with one attached hydrogen (secondary N) is 1. The van der Waals surface area contributed by atoms with Crippen molar-refractivity contribution in [2.24, 2.45) is 0 Å². The Morgan fingerprint density at radius 1 is 1.17 bits per heavy atom. The summed E-state index contributed by atoms with van der Waals surface area (Å²) in [7, 11) is -2.20. The monoisotopic (exact) mass is 335 g/mol. The van der Waals surface area contributed by atoms with Gasteiger partial charge in [0.25, 0.3) is 10.0 Å². The van der Waals surface area contributed by atoms with Gasteiger partial charge in [-0.1, -0.05) is 18.2 Å². The fourth-order valence-electron chi connectivity index (χ4n) is 1.99. The minimum absolute atomic E-state index is 0.00809. The summed E-state index contributed by atoms with van der Waals surface area (Å²) in [5.74, 6) is -0.337. The molecule has 0 amide bonds. The van der Waals surface area contributed by atoms with Crippen LogP contribution in [0.3, 0.4) is 0 Å². The number of rotatable bonds is 7. The van der Waals surface area contributed by atoms with E-state index < -0.39 is 16.0 Å². The van der Waals surface area contributed by atoms with Gasteiger partial charge in [0.15, 0.2) is 0 Å². The normalized spacial score (nSPS) is 11.0. The van der Waals surface area contributed by atoms with Crippen LogP contribution in [-0.4, -0.2) is 26.6 Å². The van der Waals surface area contributed by atoms with Gasteiger partial charge in [-0.2, -0.15) is 0 Å². The molecule has 23 heavy (non-hydrogen) atoms. The third-order valence-corrected chi connectivity index (χ3v) is 4.58. The van der Waals surface area contributed by atoms with Gasteiger partial charge in [0.2, 0.25) is 0 Å². The summed E-state index contributed by atoms with van der Waals surface area (Å²) in [5, 5.41) is 8.65. The molecule has 7 heteroatoms. The van der Waals surface area contributed by atoms with E-state index >= 15 is 0 Å². The second kappa shape index (κ2) is 7.15. The molecule has 0 bridgehead atoms. The first kappa shape index (κ1) is 16.8. The zero-order valence-electron chi connectivity index (χ0n) is 12.5. The molecule has 6 nitrogen and oxygen atoms in total. The number of anilines is 1. The molecule has 2 N–H and O–H groups in total. The standard InChI is InChI=1S/C16H17NO5S/c1-22-14-4-2-3-13(11-14)17-23(20,21)15-8-5-12(6-9-15)7-10-16(18)19/h2-6,8-9,11,17H,7,10H2,1H3,(H,18,19). The van der Waals surface area contributed by atoms with Crippen molar-refractivity contribution in [3.8, 4) is 5.75 Å². The number of carboxylic acids is 1. The molecule has 0 radical (unpaired) electrons. The van der Waals surface area contributed by atoms with Gasteiger partial charge in [-0.3, -0.25) is 9.52 Å². The molecule has 0 fully saturated rings. The van der Waals surface area contributed by atoms with E-state index in [1.54, 1.807) is 36.4 Å². The van der Waals surface area contributed by atoms with Crippen LogP contribution < -0.4 is 9.46 Å². The minimum Gasteiger partial charge on any atom is -0.497 e. The maximum Gasteiger partial charge on any atom is 0.303 e. The Hall–Kier alpha value is -2.54. The third-order valence-electron chi connectivity index (χ3n) is 3.18. The van der Waals surface area contributed by atoms with Crippen LogP contribution in [0.25, 0.3) is 0 Å². The Morgan fingerprint density at radius 2 is 1.87 bits per heavy atom. The lowest BCUT2D eigenvalue weighted by molar-refractivity contribution is -0.136. The van der Waals surface area contributed by atoms with E-state index in [1.807, 2.05) is 0 Å². The molecule has 0 aliphatic heterocycles. The number of carboxylic acid groups (broad SMARTS) is 1. The number of aliphatic carboxylic acids is 1. The van der Waals surface area contributed by atoms with Crippen molar-refractivity contribution in [2.45, 2.75) is 17.7 Å². The number of sulfonamides is 1. The van der Waals surface area contributed by atoms with Gasteiger partial charge in [-0.05, 0) is 36.2 Å². The van der Waals surface area contributed by atoms with Crippen molar-refractivity contribution in [3.63, 3.8) is 0 Å². The molecule has 0 atom stereocenters. The lowest BCUT2D eigenvalue weighted by Gasteiger charge is -2.10. The van der Waals surface area contributed by atoms with Crippen LogP contribution in [0.4, 0.5) is 5.69 Å². The highest BCUT2D eigenvalue weighted by molar-refractivity contribution is 7.92. The lowest BCUT2D eigenvalue weighted by atomic mass is 10.1. The van der Waals surface area contributed by atoms with E-state index in [0.29, 0.717) is 17.9 Å². The number of carbonyl (C=O) groups is 1. The highest BCUT2D eigenvalue weighted by Gasteiger charge is 2.14. The fraction of sp³-hybridized carbons (Fsp3) is 0.188. The molecule has 0 unspecified atom stereocenters. The SMILES string of the molecule is COc1cccc(NS(=O)(=O)c2ccc(CCC(=O)O)cc2)c1. The number of hydrogen-bond acceptors (Lipinski definition) is 4. The van der Waals surface area contributed by atoms with E-state index in [1.165, 1.54) is 19.2 Å². The first-order chi connectivity index (χ1) is 10.9. The summed E-state index contributed by atoms with van der Waals surface area (Å²) < 4.78 is 32.2. The maximum atomic E-state index is 12.3. The first-order valence-electron chi connectivity index (χ1n) is 6.88. The van der Waals surface area contributed by atoms with Gasteiger partial charge < -0.3 is 9.84 Å². The van der Waals surface area contributed by atoms with Crippen LogP contribution >= 0.6 is 0 Å². The summed E-state index contributed by atoms with van der Waals surface area (Å²) >= 11 is 0. The van der Waals surface area contributed by atoms with Crippen molar-refractivity contribution >= 4 is 21.7 Å². The van der Waals surface area contributed by atoms with Crippen molar-refractivity contribution < 1.29 is 23.1 Å². The fourth-order valence-corrected chi connectivity index (χ4v) is 3.04. The Labute approximate surface area is 134 Å². The molecule has 0 aliphatic carbocycles. The van der Waals surface area contributed by atoms with Crippen molar-refractivity contribution in [1.29, 1.82) is 0 Å². The van der Waals surface area contributed by atoms with E-state index in [0.717, 1.165) is 5.56 Å². The van der Waals surface area contributed by atoms with Crippen LogP contribution in [0.5, 0.6) is 5.75 Å². The van der Waals surface area contributed by atoms with Crippen molar-refractivity contribution in [3.05, 3.63) is 54.1 Å². The number of methoxy groups -OCH3 is 1. The van der Waals surface area contributed by atoms with E-state index in [2.05, 4.69) is 4.72 Å². The minimum atomic E-state index is -3.71. The molecular weight excluding hydrogens is 318 g/mol. The average molecular weight is 335 g/mol. The van der Waals surface area contributed by atoms with Gasteiger partial charge in [0.05, 0.1) is 17.7 Å². The first-order valence-corrected chi connectivity index (χ1v) is 8.36. The lowest BCUT2D eigenvalue weighted by Crippen LogP contribution is -2.13. The predicted octanol–water partition coefficient (Wildman–Crippen LogP) is 2.51. The summed E-state index contributed by atoms with van der Waals surface area (Å²) in [5.41, 5.74) is 1.17. The van der Waals surface area contributed by atoms with Crippen molar-refractivity contribution in [2.75, 3.05) is 11.8 Å². The molecule has 0 spiro atoms. The molecule has 2 aromatic carbocycles. The van der Waals surface area contributed by atoms with Gasteiger partial charge in [0.1, 0.15) is 5.75 Å². The van der Waals surface area contributed by atoms with Crippen LogP contribution in [0.1, 0.15) is 12.0 Å². The number of aryl methyl sites for hydroxylation is 1. The van der Waals surface area contributed by atoms with Gasteiger partial charge in [-0.15, -0.1) is 0 Å². The van der Waals surface area contributed by atoms with E-state index in [9.17, 15) is 13.2 Å². The number of ether oxygens (including phenoxy) is 1. The number of benzene rings is 2.